The number of rotatable bonds is 4. The number of para-hydroxylation sites is 1. The van der Waals surface area contributed by atoms with Crippen LogP contribution in [0.2, 0.25) is 0 Å². The number of nitrogens with zero attached hydrogens (tertiary/aromatic N) is 1. The number of ketones is 1. The molecule has 3 nitrogen and oxygen atoms in total. The van der Waals surface area contributed by atoms with E-state index in [9.17, 15) is 4.79 Å². The lowest BCUT2D eigenvalue weighted by atomic mass is 10.2. The fraction of sp³-hybridized carbons (Fsp3) is 0.167. The Kier molecular flexibility index (Phi) is 3.28. The average Bonchev–Trinajstić information content (AvgIpc) is 2.73. The maximum Gasteiger partial charge on any atom is 0.207 e. The number of carbonyl (C=O) groups is 1. The minimum absolute atomic E-state index is 0.0727. The van der Waals surface area contributed by atoms with Crippen LogP contribution in [0.3, 0.4) is 0 Å². The predicted molar refractivity (Wildman–Crippen MR) is 63.5 cm³/mol. The van der Waals surface area contributed by atoms with Crippen LogP contribution in [0.25, 0.3) is 11.0 Å². The van der Waals surface area contributed by atoms with E-state index in [-0.39, 0.29) is 11.5 Å². The number of hydrogen-bond donors (Lipinski definition) is 0. The van der Waals surface area contributed by atoms with Crippen LogP contribution >= 0.6 is 11.8 Å². The highest BCUT2D eigenvalue weighted by molar-refractivity contribution is 8.00. The van der Waals surface area contributed by atoms with Gasteiger partial charge >= 0.3 is 0 Å². The zero-order valence-electron chi connectivity index (χ0n) is 8.47. The zero-order valence-corrected chi connectivity index (χ0v) is 9.29. The van der Waals surface area contributed by atoms with E-state index in [4.69, 9.17) is 9.68 Å². The molecule has 0 unspecified atom stereocenters. The third kappa shape index (κ3) is 2.26. The Bertz CT molecular complexity index is 520. The molecule has 4 heteroatoms. The van der Waals surface area contributed by atoms with Crippen LogP contribution in [-0.4, -0.2) is 17.3 Å². The summed E-state index contributed by atoms with van der Waals surface area (Å²) in [5.41, 5.74) is 0.719. The van der Waals surface area contributed by atoms with Crippen molar-refractivity contribution in [3.8, 4) is 6.07 Å². The number of nitriles is 1. The largest absolute Gasteiger partial charge is 0.453 e. The van der Waals surface area contributed by atoms with Crippen molar-refractivity contribution >= 4 is 28.5 Å². The minimum atomic E-state index is -0.0727. The summed E-state index contributed by atoms with van der Waals surface area (Å²) >= 11 is 1.30. The number of furan rings is 1. The molecule has 0 amide bonds. The van der Waals surface area contributed by atoms with Crippen molar-refractivity contribution in [1.29, 1.82) is 5.26 Å². The van der Waals surface area contributed by atoms with Gasteiger partial charge in [-0.05, 0) is 12.1 Å². The van der Waals surface area contributed by atoms with E-state index in [2.05, 4.69) is 0 Å². The molecule has 80 valence electrons. The fourth-order valence-corrected chi connectivity index (χ4v) is 1.90. The number of thioether (sulfide) groups is 1. The molecule has 0 aliphatic heterocycles. The summed E-state index contributed by atoms with van der Waals surface area (Å²) in [6.45, 7) is 0. The van der Waals surface area contributed by atoms with Gasteiger partial charge in [-0.1, -0.05) is 18.2 Å². The summed E-state index contributed by atoms with van der Waals surface area (Å²) in [6.07, 6.45) is 0. The SMILES string of the molecule is N#CCSCC(=O)c1cc2ccccc2o1. The molecule has 2 rings (SSSR count). The van der Waals surface area contributed by atoms with Crippen molar-refractivity contribution in [2.45, 2.75) is 0 Å². The molecule has 0 saturated heterocycles. The van der Waals surface area contributed by atoms with Crippen molar-refractivity contribution in [1.82, 2.24) is 0 Å². The zero-order chi connectivity index (χ0) is 11.4. The highest BCUT2D eigenvalue weighted by Crippen LogP contribution is 2.20. The molecular weight excluding hydrogens is 222 g/mol. The van der Waals surface area contributed by atoms with E-state index in [1.165, 1.54) is 11.8 Å². The Labute approximate surface area is 97.0 Å². The number of benzene rings is 1. The lowest BCUT2D eigenvalue weighted by Crippen LogP contribution is -2.00. The van der Waals surface area contributed by atoms with Gasteiger partial charge in [-0.3, -0.25) is 4.79 Å². The lowest BCUT2D eigenvalue weighted by molar-refractivity contribution is 0.0994. The van der Waals surface area contributed by atoms with Gasteiger partial charge in [0.1, 0.15) is 5.58 Å². The molecule has 16 heavy (non-hydrogen) atoms. The number of Topliss-reactive ketones (excluding diaryl/α,β-unsaturated/α-hetero) is 1. The number of fused-ring (bicyclic) bond motifs is 1. The molecule has 0 bridgehead atoms. The summed E-state index contributed by atoms with van der Waals surface area (Å²) in [6, 6.07) is 11.2. The van der Waals surface area contributed by atoms with E-state index >= 15 is 0 Å². The predicted octanol–water partition coefficient (Wildman–Crippen LogP) is 2.87. The van der Waals surface area contributed by atoms with Gasteiger partial charge in [-0.2, -0.15) is 5.26 Å². The Morgan fingerprint density at radius 2 is 2.25 bits per heavy atom. The molecule has 0 saturated carbocycles. The minimum Gasteiger partial charge on any atom is -0.453 e. The normalized spacial score (nSPS) is 10.2. The van der Waals surface area contributed by atoms with Crippen molar-refractivity contribution in [2.75, 3.05) is 11.5 Å². The first kappa shape index (κ1) is 10.8. The van der Waals surface area contributed by atoms with Gasteiger partial charge in [0.15, 0.2) is 5.76 Å². The van der Waals surface area contributed by atoms with Gasteiger partial charge in [0, 0.05) is 5.39 Å². The Hall–Kier alpha value is -1.73. The van der Waals surface area contributed by atoms with Crippen LogP contribution in [0, 0.1) is 11.3 Å². The monoisotopic (exact) mass is 231 g/mol. The molecule has 0 aliphatic carbocycles. The van der Waals surface area contributed by atoms with Crippen molar-refractivity contribution in [2.24, 2.45) is 0 Å². The molecular formula is C12H9NO2S. The molecule has 1 heterocycles. The average molecular weight is 231 g/mol. The summed E-state index contributed by atoms with van der Waals surface area (Å²) in [5, 5.41) is 9.29. The van der Waals surface area contributed by atoms with Crippen molar-refractivity contribution < 1.29 is 9.21 Å². The molecule has 0 radical (unpaired) electrons. The Balaban J connectivity index is 2.14. The van der Waals surface area contributed by atoms with Gasteiger partial charge in [-0.25, -0.2) is 0 Å². The van der Waals surface area contributed by atoms with Gasteiger partial charge in [0.05, 0.1) is 17.6 Å². The van der Waals surface area contributed by atoms with E-state index in [1.807, 2.05) is 30.3 Å². The molecule has 1 aromatic carbocycles. The summed E-state index contributed by atoms with van der Waals surface area (Å²) in [5.74, 6) is 0.905. The second-order valence-electron chi connectivity index (χ2n) is 3.22. The van der Waals surface area contributed by atoms with E-state index in [0.29, 0.717) is 11.5 Å². The van der Waals surface area contributed by atoms with Gasteiger partial charge < -0.3 is 4.42 Å². The second kappa shape index (κ2) is 4.86. The molecule has 0 spiro atoms. The third-order valence-corrected chi connectivity index (χ3v) is 2.90. The summed E-state index contributed by atoms with van der Waals surface area (Å²) < 4.78 is 5.41. The Morgan fingerprint density at radius 1 is 1.44 bits per heavy atom. The molecule has 1 aromatic heterocycles. The summed E-state index contributed by atoms with van der Waals surface area (Å²) in [4.78, 5) is 11.7. The van der Waals surface area contributed by atoms with Gasteiger partial charge in [-0.15, -0.1) is 11.8 Å². The third-order valence-electron chi connectivity index (χ3n) is 2.10. The van der Waals surface area contributed by atoms with Crippen LogP contribution in [-0.2, 0) is 0 Å². The molecule has 2 aromatic rings. The highest BCUT2D eigenvalue weighted by Gasteiger charge is 2.11. The van der Waals surface area contributed by atoms with Crippen LogP contribution in [0.15, 0.2) is 34.7 Å². The quantitative estimate of drug-likeness (QED) is 0.599. The standard InChI is InChI=1S/C12H9NO2S/c13-5-6-16-8-10(14)12-7-9-3-1-2-4-11(9)15-12/h1-4,7H,6,8H2. The molecule has 0 N–H and O–H groups in total. The number of hydrogen-bond acceptors (Lipinski definition) is 4. The van der Waals surface area contributed by atoms with Crippen LogP contribution in [0.1, 0.15) is 10.6 Å². The van der Waals surface area contributed by atoms with E-state index in [1.54, 1.807) is 6.07 Å². The first-order valence-electron chi connectivity index (χ1n) is 4.78. The fourth-order valence-electron chi connectivity index (χ4n) is 1.38. The Morgan fingerprint density at radius 3 is 3.00 bits per heavy atom. The number of carbonyl (C=O) groups excluding carboxylic acids is 1. The second-order valence-corrected chi connectivity index (χ2v) is 4.21. The lowest BCUT2D eigenvalue weighted by Gasteiger charge is -1.92. The topological polar surface area (TPSA) is 54.0 Å². The van der Waals surface area contributed by atoms with Crippen LogP contribution in [0.5, 0.6) is 0 Å². The highest BCUT2D eigenvalue weighted by atomic mass is 32.2. The smallest absolute Gasteiger partial charge is 0.207 e. The van der Waals surface area contributed by atoms with Crippen LogP contribution < -0.4 is 0 Å². The van der Waals surface area contributed by atoms with Gasteiger partial charge in [0.25, 0.3) is 0 Å². The first-order chi connectivity index (χ1) is 7.81. The molecule has 0 fully saturated rings. The van der Waals surface area contributed by atoms with E-state index < -0.39 is 0 Å². The van der Waals surface area contributed by atoms with Crippen LogP contribution in [0.4, 0.5) is 0 Å². The van der Waals surface area contributed by atoms with E-state index in [0.717, 1.165) is 11.0 Å². The summed E-state index contributed by atoms with van der Waals surface area (Å²) in [7, 11) is 0. The maximum absolute atomic E-state index is 11.7. The first-order valence-corrected chi connectivity index (χ1v) is 5.93. The van der Waals surface area contributed by atoms with Crippen molar-refractivity contribution in [3.63, 3.8) is 0 Å². The van der Waals surface area contributed by atoms with Crippen molar-refractivity contribution in [3.05, 3.63) is 36.1 Å². The molecule has 0 aliphatic rings. The molecule has 0 atom stereocenters. The maximum atomic E-state index is 11.7. The van der Waals surface area contributed by atoms with Gasteiger partial charge in [0.2, 0.25) is 5.78 Å².